The van der Waals surface area contributed by atoms with E-state index >= 15 is 0 Å². The van der Waals surface area contributed by atoms with E-state index < -0.39 is 5.97 Å². The maximum atomic E-state index is 11.7. The smallest absolute Gasteiger partial charge is 0.341 e. The number of ether oxygens (including phenoxy) is 2. The number of hydrogen-bond acceptors (Lipinski definition) is 3. The molecule has 0 radical (unpaired) electrons. The number of halogens is 2. The molecule has 0 aromatic heterocycles. The summed E-state index contributed by atoms with van der Waals surface area (Å²) < 4.78 is 11.4. The summed E-state index contributed by atoms with van der Waals surface area (Å²) in [6.07, 6.45) is 0. The second-order valence-corrected chi connectivity index (χ2v) is 5.40. The van der Waals surface area contributed by atoms with Gasteiger partial charge in [0.1, 0.15) is 17.9 Å². The molecular weight excluding hydrogens is 344 g/mol. The molecule has 0 saturated heterocycles. The van der Waals surface area contributed by atoms with E-state index in [-0.39, 0.29) is 0 Å². The van der Waals surface area contributed by atoms with Gasteiger partial charge in [0, 0.05) is 9.50 Å². The molecule has 0 heterocycles. The van der Waals surface area contributed by atoms with Crippen LogP contribution in [0.5, 0.6) is 5.75 Å². The van der Waals surface area contributed by atoms with Crippen LogP contribution >= 0.6 is 27.5 Å². The van der Waals surface area contributed by atoms with Gasteiger partial charge in [-0.2, -0.15) is 0 Å². The van der Waals surface area contributed by atoms with E-state index in [1.807, 2.05) is 24.3 Å². The summed E-state index contributed by atoms with van der Waals surface area (Å²) in [5.74, 6) is -0.0255. The van der Waals surface area contributed by atoms with Gasteiger partial charge < -0.3 is 9.47 Å². The lowest BCUT2D eigenvalue weighted by Gasteiger charge is -2.10. The summed E-state index contributed by atoms with van der Waals surface area (Å²) in [6, 6.07) is 12.6. The molecule has 0 saturated carbocycles. The molecular formula is C15H12BrClO3. The predicted molar refractivity (Wildman–Crippen MR) is 81.3 cm³/mol. The van der Waals surface area contributed by atoms with Crippen LogP contribution < -0.4 is 4.74 Å². The quantitative estimate of drug-likeness (QED) is 0.759. The third kappa shape index (κ3) is 3.74. The average molecular weight is 356 g/mol. The van der Waals surface area contributed by atoms with E-state index in [1.165, 1.54) is 13.2 Å². The van der Waals surface area contributed by atoms with E-state index in [0.29, 0.717) is 22.9 Å². The van der Waals surface area contributed by atoms with Gasteiger partial charge in [-0.15, -0.1) is 0 Å². The van der Waals surface area contributed by atoms with Crippen LogP contribution in [-0.4, -0.2) is 13.1 Å². The Kier molecular flexibility index (Phi) is 5.04. The van der Waals surface area contributed by atoms with E-state index in [4.69, 9.17) is 21.1 Å². The van der Waals surface area contributed by atoms with Gasteiger partial charge in [-0.05, 0) is 35.9 Å². The van der Waals surface area contributed by atoms with Gasteiger partial charge in [0.2, 0.25) is 0 Å². The second kappa shape index (κ2) is 6.77. The number of carbonyl (C=O) groups excluding carboxylic acids is 1. The first-order chi connectivity index (χ1) is 9.60. The van der Waals surface area contributed by atoms with Crippen molar-refractivity contribution < 1.29 is 14.3 Å². The fourth-order valence-corrected chi connectivity index (χ4v) is 2.08. The zero-order valence-corrected chi connectivity index (χ0v) is 13.1. The third-order valence-electron chi connectivity index (χ3n) is 2.65. The van der Waals surface area contributed by atoms with Crippen LogP contribution in [0.15, 0.2) is 46.9 Å². The molecule has 5 heteroatoms. The molecule has 2 aromatic rings. The fraction of sp³-hybridized carbons (Fsp3) is 0.133. The summed E-state index contributed by atoms with van der Waals surface area (Å²) in [5.41, 5.74) is 1.32. The summed E-state index contributed by atoms with van der Waals surface area (Å²) >= 11 is 9.26. The predicted octanol–water partition coefficient (Wildman–Crippen LogP) is 4.47. The van der Waals surface area contributed by atoms with Crippen LogP contribution in [0.1, 0.15) is 15.9 Å². The number of carbonyl (C=O) groups is 1. The molecule has 0 aliphatic rings. The highest BCUT2D eigenvalue weighted by Crippen LogP contribution is 2.24. The second-order valence-electron chi connectivity index (χ2n) is 4.05. The van der Waals surface area contributed by atoms with E-state index in [0.717, 1.165) is 10.0 Å². The van der Waals surface area contributed by atoms with Crippen molar-refractivity contribution in [2.24, 2.45) is 0 Å². The lowest BCUT2D eigenvalue weighted by Crippen LogP contribution is -2.06. The molecule has 0 atom stereocenters. The lowest BCUT2D eigenvalue weighted by atomic mass is 10.2. The Hall–Kier alpha value is -1.52. The molecule has 0 aliphatic heterocycles. The Labute approximate surface area is 130 Å². The van der Waals surface area contributed by atoms with Crippen molar-refractivity contribution in [3.8, 4) is 5.75 Å². The Bertz CT molecular complexity index is 611. The molecule has 3 nitrogen and oxygen atoms in total. The number of rotatable bonds is 4. The van der Waals surface area contributed by atoms with Gasteiger partial charge in [0.25, 0.3) is 0 Å². The Morgan fingerprint density at radius 3 is 2.55 bits per heavy atom. The van der Waals surface area contributed by atoms with Crippen molar-refractivity contribution >= 4 is 33.5 Å². The van der Waals surface area contributed by atoms with Crippen molar-refractivity contribution in [3.05, 3.63) is 63.1 Å². The third-order valence-corrected chi connectivity index (χ3v) is 3.42. The lowest BCUT2D eigenvalue weighted by molar-refractivity contribution is 0.0595. The zero-order chi connectivity index (χ0) is 14.5. The molecule has 0 unspecified atom stereocenters. The normalized spacial score (nSPS) is 10.2. The van der Waals surface area contributed by atoms with Crippen LogP contribution in [0.25, 0.3) is 0 Å². The minimum atomic E-state index is -0.474. The van der Waals surface area contributed by atoms with Crippen molar-refractivity contribution in [2.75, 3.05) is 7.11 Å². The van der Waals surface area contributed by atoms with E-state index in [2.05, 4.69) is 15.9 Å². The maximum Gasteiger partial charge on any atom is 0.341 e. The first-order valence-electron chi connectivity index (χ1n) is 5.85. The van der Waals surface area contributed by atoms with Crippen molar-refractivity contribution in [1.82, 2.24) is 0 Å². The van der Waals surface area contributed by atoms with E-state index in [9.17, 15) is 4.79 Å². The molecule has 0 spiro atoms. The number of hydrogen-bond donors (Lipinski definition) is 0. The van der Waals surface area contributed by atoms with Crippen molar-refractivity contribution in [2.45, 2.75) is 6.61 Å². The van der Waals surface area contributed by atoms with Gasteiger partial charge in [-0.3, -0.25) is 0 Å². The summed E-state index contributed by atoms with van der Waals surface area (Å²) in [6.45, 7) is 0.360. The standard InChI is InChI=1S/C15H12BrClO3/c1-19-15(18)13-8-12(17)6-7-14(13)20-9-10-2-4-11(16)5-3-10/h2-8H,9H2,1H3. The van der Waals surface area contributed by atoms with Crippen LogP contribution in [0.2, 0.25) is 5.02 Å². The minimum absolute atomic E-state index is 0.317. The molecule has 0 fully saturated rings. The molecule has 20 heavy (non-hydrogen) atoms. The average Bonchev–Trinajstić information content (AvgIpc) is 2.46. The van der Waals surface area contributed by atoms with Gasteiger partial charge in [0.05, 0.1) is 7.11 Å². The highest BCUT2D eigenvalue weighted by atomic mass is 79.9. The van der Waals surface area contributed by atoms with Crippen molar-refractivity contribution in [3.63, 3.8) is 0 Å². The number of benzene rings is 2. The summed E-state index contributed by atoms with van der Waals surface area (Å²) in [4.78, 5) is 11.7. The van der Waals surface area contributed by atoms with Crippen molar-refractivity contribution in [1.29, 1.82) is 0 Å². The molecule has 2 aromatic carbocycles. The van der Waals surface area contributed by atoms with Gasteiger partial charge >= 0.3 is 5.97 Å². The SMILES string of the molecule is COC(=O)c1cc(Cl)ccc1OCc1ccc(Br)cc1. The first-order valence-corrected chi connectivity index (χ1v) is 7.02. The Morgan fingerprint density at radius 2 is 1.90 bits per heavy atom. The van der Waals surface area contributed by atoms with Gasteiger partial charge in [-0.25, -0.2) is 4.79 Å². The molecule has 104 valence electrons. The topological polar surface area (TPSA) is 35.5 Å². The Balaban J connectivity index is 2.16. The number of esters is 1. The highest BCUT2D eigenvalue weighted by molar-refractivity contribution is 9.10. The van der Waals surface area contributed by atoms with Crippen LogP contribution in [0, 0.1) is 0 Å². The Morgan fingerprint density at radius 1 is 1.20 bits per heavy atom. The molecule has 0 aliphatic carbocycles. The summed E-state index contributed by atoms with van der Waals surface area (Å²) in [7, 11) is 1.32. The van der Waals surface area contributed by atoms with Gasteiger partial charge in [0.15, 0.2) is 0 Å². The largest absolute Gasteiger partial charge is 0.488 e. The fourth-order valence-electron chi connectivity index (χ4n) is 1.64. The van der Waals surface area contributed by atoms with Crippen LogP contribution in [0.3, 0.4) is 0 Å². The van der Waals surface area contributed by atoms with Gasteiger partial charge in [-0.1, -0.05) is 39.7 Å². The summed E-state index contributed by atoms with van der Waals surface area (Å²) in [5, 5.41) is 0.460. The molecule has 0 N–H and O–H groups in total. The van der Waals surface area contributed by atoms with Crippen LogP contribution in [-0.2, 0) is 11.3 Å². The number of methoxy groups -OCH3 is 1. The first kappa shape index (κ1) is 14.9. The maximum absolute atomic E-state index is 11.7. The monoisotopic (exact) mass is 354 g/mol. The molecule has 0 bridgehead atoms. The van der Waals surface area contributed by atoms with E-state index in [1.54, 1.807) is 12.1 Å². The minimum Gasteiger partial charge on any atom is -0.488 e. The highest BCUT2D eigenvalue weighted by Gasteiger charge is 2.13. The zero-order valence-electron chi connectivity index (χ0n) is 10.7. The van der Waals surface area contributed by atoms with Crippen LogP contribution in [0.4, 0.5) is 0 Å². The molecule has 0 amide bonds. The molecule has 2 rings (SSSR count).